The van der Waals surface area contributed by atoms with E-state index in [9.17, 15) is 13.2 Å². The first-order valence-electron chi connectivity index (χ1n) is 7.22. The molecular weight excluding hydrogens is 304 g/mol. The van der Waals surface area contributed by atoms with Crippen LogP contribution in [-0.4, -0.2) is 39.6 Å². The summed E-state index contributed by atoms with van der Waals surface area (Å²) in [7, 11) is -0.212. The number of nitrogens with zero attached hydrogens (tertiary/aromatic N) is 1. The third kappa shape index (κ3) is 4.71. The molecule has 0 radical (unpaired) electrons. The standard InChI is InChI=1S/C15H24N2O4S/c1-5-6-7-13(15(18)19)16-22(20,21)12-9-8-11(2)14(10-12)17(3)4/h8-10,13,16H,5-7H2,1-4H3,(H,18,19)/t13-/m0/s1. The van der Waals surface area contributed by atoms with Crippen molar-refractivity contribution in [3.8, 4) is 0 Å². The van der Waals surface area contributed by atoms with Gasteiger partial charge in [-0.1, -0.05) is 25.8 Å². The van der Waals surface area contributed by atoms with Gasteiger partial charge < -0.3 is 10.0 Å². The maximum absolute atomic E-state index is 12.4. The highest BCUT2D eigenvalue weighted by Crippen LogP contribution is 2.22. The molecule has 0 heterocycles. The maximum atomic E-state index is 12.4. The molecule has 124 valence electrons. The lowest BCUT2D eigenvalue weighted by molar-refractivity contribution is -0.139. The number of carbonyl (C=O) groups is 1. The lowest BCUT2D eigenvalue weighted by Gasteiger charge is -2.18. The Balaban J connectivity index is 3.07. The van der Waals surface area contributed by atoms with Gasteiger partial charge in [0, 0.05) is 19.8 Å². The third-order valence-corrected chi connectivity index (χ3v) is 4.88. The molecule has 0 bridgehead atoms. The zero-order valence-corrected chi connectivity index (χ0v) is 14.3. The van der Waals surface area contributed by atoms with Crippen LogP contribution >= 0.6 is 0 Å². The predicted molar refractivity (Wildman–Crippen MR) is 86.8 cm³/mol. The summed E-state index contributed by atoms with van der Waals surface area (Å²) in [4.78, 5) is 13.1. The fourth-order valence-electron chi connectivity index (χ4n) is 2.13. The lowest BCUT2D eigenvalue weighted by atomic mass is 10.1. The Bertz CT molecular complexity index is 626. The van der Waals surface area contributed by atoms with Crippen molar-refractivity contribution in [3.05, 3.63) is 23.8 Å². The quantitative estimate of drug-likeness (QED) is 0.762. The number of hydrogen-bond donors (Lipinski definition) is 2. The molecule has 2 N–H and O–H groups in total. The van der Waals surface area contributed by atoms with Gasteiger partial charge in [0.05, 0.1) is 4.90 Å². The van der Waals surface area contributed by atoms with Gasteiger partial charge in [0.2, 0.25) is 10.0 Å². The Hall–Kier alpha value is -1.60. The topological polar surface area (TPSA) is 86.7 Å². The molecule has 0 saturated carbocycles. The highest BCUT2D eigenvalue weighted by molar-refractivity contribution is 7.89. The number of anilines is 1. The Kier molecular flexibility index (Phi) is 6.37. The average molecular weight is 328 g/mol. The summed E-state index contributed by atoms with van der Waals surface area (Å²) in [5.41, 5.74) is 1.73. The lowest BCUT2D eigenvalue weighted by Crippen LogP contribution is -2.40. The summed E-state index contributed by atoms with van der Waals surface area (Å²) in [6.45, 7) is 3.82. The SMILES string of the molecule is CCCC[C@H](NS(=O)(=O)c1ccc(C)c(N(C)C)c1)C(=O)O. The molecule has 22 heavy (non-hydrogen) atoms. The van der Waals surface area contributed by atoms with Gasteiger partial charge in [-0.05, 0) is 31.0 Å². The highest BCUT2D eigenvalue weighted by atomic mass is 32.2. The normalized spacial score (nSPS) is 12.9. The first-order chi connectivity index (χ1) is 10.2. The van der Waals surface area contributed by atoms with Crippen molar-refractivity contribution in [2.45, 2.75) is 44.0 Å². The molecule has 1 rings (SSSR count). The minimum absolute atomic E-state index is 0.0737. The molecule has 0 fully saturated rings. The van der Waals surface area contributed by atoms with Crippen molar-refractivity contribution in [1.82, 2.24) is 4.72 Å². The number of aliphatic carboxylic acids is 1. The Morgan fingerprint density at radius 2 is 2.00 bits per heavy atom. The van der Waals surface area contributed by atoms with Crippen LogP contribution in [0.15, 0.2) is 23.1 Å². The fraction of sp³-hybridized carbons (Fsp3) is 0.533. The minimum Gasteiger partial charge on any atom is -0.480 e. The minimum atomic E-state index is -3.87. The molecule has 0 aliphatic heterocycles. The second-order valence-electron chi connectivity index (χ2n) is 5.50. The zero-order chi connectivity index (χ0) is 16.9. The van der Waals surface area contributed by atoms with Crippen LogP contribution in [0.25, 0.3) is 0 Å². The van der Waals surface area contributed by atoms with E-state index < -0.39 is 22.0 Å². The molecule has 0 saturated heterocycles. The van der Waals surface area contributed by atoms with E-state index in [1.165, 1.54) is 6.07 Å². The van der Waals surface area contributed by atoms with Crippen LogP contribution in [-0.2, 0) is 14.8 Å². The van der Waals surface area contributed by atoms with E-state index in [1.54, 1.807) is 12.1 Å². The van der Waals surface area contributed by atoms with Gasteiger partial charge in [0.25, 0.3) is 0 Å². The number of sulfonamides is 1. The van der Waals surface area contributed by atoms with Gasteiger partial charge in [-0.25, -0.2) is 8.42 Å². The first kappa shape index (κ1) is 18.4. The van der Waals surface area contributed by atoms with Crippen LogP contribution in [0.1, 0.15) is 31.7 Å². The number of unbranched alkanes of at least 4 members (excludes halogenated alkanes) is 1. The van der Waals surface area contributed by atoms with Gasteiger partial charge in [-0.3, -0.25) is 4.79 Å². The number of carboxylic acid groups (broad SMARTS) is 1. The Morgan fingerprint density at radius 3 is 2.50 bits per heavy atom. The highest BCUT2D eigenvalue weighted by Gasteiger charge is 2.25. The molecule has 6 nitrogen and oxygen atoms in total. The molecule has 1 aromatic rings. The molecule has 0 spiro atoms. The molecule has 0 unspecified atom stereocenters. The second kappa shape index (κ2) is 7.60. The molecule has 1 aromatic carbocycles. The van der Waals surface area contributed by atoms with Crippen LogP contribution in [0.3, 0.4) is 0 Å². The number of nitrogens with one attached hydrogen (secondary N) is 1. The summed E-state index contributed by atoms with van der Waals surface area (Å²) < 4.78 is 27.1. The maximum Gasteiger partial charge on any atom is 0.321 e. The van der Waals surface area contributed by atoms with Crippen molar-refractivity contribution in [2.24, 2.45) is 0 Å². The number of benzene rings is 1. The van der Waals surface area contributed by atoms with E-state index in [0.29, 0.717) is 6.42 Å². The van der Waals surface area contributed by atoms with Crippen molar-refractivity contribution in [3.63, 3.8) is 0 Å². The summed E-state index contributed by atoms with van der Waals surface area (Å²) in [6, 6.07) is 3.65. The van der Waals surface area contributed by atoms with E-state index in [4.69, 9.17) is 5.11 Å². The van der Waals surface area contributed by atoms with Crippen molar-refractivity contribution in [1.29, 1.82) is 0 Å². The van der Waals surface area contributed by atoms with Crippen LogP contribution in [0.4, 0.5) is 5.69 Å². The van der Waals surface area contributed by atoms with Crippen molar-refractivity contribution in [2.75, 3.05) is 19.0 Å². The van der Waals surface area contributed by atoms with E-state index >= 15 is 0 Å². The van der Waals surface area contributed by atoms with Gasteiger partial charge in [-0.15, -0.1) is 0 Å². The van der Waals surface area contributed by atoms with E-state index in [0.717, 1.165) is 17.7 Å². The van der Waals surface area contributed by atoms with Crippen LogP contribution in [0.2, 0.25) is 0 Å². The summed E-state index contributed by atoms with van der Waals surface area (Å²) >= 11 is 0. The van der Waals surface area contributed by atoms with E-state index in [-0.39, 0.29) is 11.3 Å². The second-order valence-corrected chi connectivity index (χ2v) is 7.21. The predicted octanol–water partition coefficient (Wildman–Crippen LogP) is 1.98. The Morgan fingerprint density at radius 1 is 1.36 bits per heavy atom. The molecule has 7 heteroatoms. The molecule has 0 aliphatic carbocycles. The molecule has 1 atom stereocenters. The number of carboxylic acids is 1. The average Bonchev–Trinajstić information content (AvgIpc) is 2.43. The van der Waals surface area contributed by atoms with E-state index in [1.807, 2.05) is 32.8 Å². The van der Waals surface area contributed by atoms with Gasteiger partial charge in [0.1, 0.15) is 6.04 Å². The molecule has 0 aromatic heterocycles. The number of rotatable bonds is 8. The van der Waals surface area contributed by atoms with Gasteiger partial charge >= 0.3 is 5.97 Å². The Labute approximate surface area is 132 Å². The van der Waals surface area contributed by atoms with Crippen LogP contribution in [0.5, 0.6) is 0 Å². The van der Waals surface area contributed by atoms with E-state index in [2.05, 4.69) is 4.72 Å². The zero-order valence-electron chi connectivity index (χ0n) is 13.5. The van der Waals surface area contributed by atoms with Gasteiger partial charge in [-0.2, -0.15) is 4.72 Å². The van der Waals surface area contributed by atoms with Crippen molar-refractivity contribution < 1.29 is 18.3 Å². The monoisotopic (exact) mass is 328 g/mol. The van der Waals surface area contributed by atoms with Crippen LogP contribution in [0, 0.1) is 6.92 Å². The summed E-state index contributed by atoms with van der Waals surface area (Å²) in [5.74, 6) is -1.16. The third-order valence-electron chi connectivity index (χ3n) is 3.41. The summed E-state index contributed by atoms with van der Waals surface area (Å²) in [5, 5.41) is 9.16. The molecule has 0 aliphatic rings. The molecule has 0 amide bonds. The largest absolute Gasteiger partial charge is 0.480 e. The number of aryl methyl sites for hydroxylation is 1. The number of hydrogen-bond acceptors (Lipinski definition) is 4. The fourth-order valence-corrected chi connectivity index (χ4v) is 3.38. The smallest absolute Gasteiger partial charge is 0.321 e. The van der Waals surface area contributed by atoms with Gasteiger partial charge in [0.15, 0.2) is 0 Å². The first-order valence-corrected chi connectivity index (χ1v) is 8.70. The summed E-state index contributed by atoms with van der Waals surface area (Å²) in [6.07, 6.45) is 1.73. The van der Waals surface area contributed by atoms with Crippen molar-refractivity contribution >= 4 is 21.7 Å². The van der Waals surface area contributed by atoms with Crippen LogP contribution < -0.4 is 9.62 Å². The molecular formula is C15H24N2O4S.